The Morgan fingerprint density at radius 1 is 0.969 bits per heavy atom. The number of piperidine rings is 1. The minimum absolute atomic E-state index is 0.139. The summed E-state index contributed by atoms with van der Waals surface area (Å²) in [5.74, 6) is 0.0153. The Hall–Kier alpha value is -4.99. The summed E-state index contributed by atoms with van der Waals surface area (Å²) < 4.78 is 40.7. The number of fused-ring (bicyclic) bond motifs is 2. The number of aliphatic hydroxyl groups is 1. The van der Waals surface area contributed by atoms with Crippen LogP contribution in [0.15, 0.2) is 60.8 Å². The van der Waals surface area contributed by atoms with Gasteiger partial charge >= 0.3 is 6.18 Å². The van der Waals surface area contributed by atoms with Crippen LogP contribution in [-0.2, 0) is 23.0 Å². The third kappa shape index (κ3) is 9.12. The number of pyridine rings is 1. The summed E-state index contributed by atoms with van der Waals surface area (Å²) in [5.41, 5.74) is 1.29. The second kappa shape index (κ2) is 17.3. The molecule has 65 heavy (non-hydrogen) atoms. The number of amides is 4. The maximum absolute atomic E-state index is 13.7. The Morgan fingerprint density at radius 3 is 2.38 bits per heavy atom. The number of halogens is 3. The number of aryl methyl sites for hydroxylation is 1. The lowest BCUT2D eigenvalue weighted by Crippen LogP contribution is -2.48. The first kappa shape index (κ1) is 45.2. The third-order valence-electron chi connectivity index (χ3n) is 15.1. The van der Waals surface area contributed by atoms with Crippen molar-refractivity contribution in [1.29, 1.82) is 0 Å². The van der Waals surface area contributed by atoms with Crippen LogP contribution in [0.3, 0.4) is 0 Å². The van der Waals surface area contributed by atoms with Gasteiger partial charge in [-0.2, -0.15) is 13.2 Å². The molecule has 9 rings (SSSR count). The van der Waals surface area contributed by atoms with Crippen LogP contribution in [0.25, 0.3) is 10.2 Å². The van der Waals surface area contributed by atoms with Gasteiger partial charge in [0.15, 0.2) is 0 Å². The fourth-order valence-electron chi connectivity index (χ4n) is 11.5. The first-order valence-corrected chi connectivity index (χ1v) is 23.9. The molecule has 4 heterocycles. The number of alkyl halides is 3. The first-order chi connectivity index (χ1) is 30.9. The molecule has 3 saturated carbocycles. The summed E-state index contributed by atoms with van der Waals surface area (Å²) in [6, 6.07) is 12.4. The van der Waals surface area contributed by atoms with E-state index < -0.39 is 29.4 Å². The number of hydrogen-bond donors (Lipinski definition) is 3. The molecule has 4 aromatic rings. The van der Waals surface area contributed by atoms with Crippen LogP contribution in [0, 0.1) is 17.3 Å². The van der Waals surface area contributed by atoms with E-state index in [0.29, 0.717) is 69.2 Å². The molecular formula is C50H57F3N6O5S. The number of imide groups is 1. The molecule has 2 aliphatic heterocycles. The normalized spacial score (nSPS) is 26.2. The molecule has 4 fully saturated rings. The van der Waals surface area contributed by atoms with E-state index in [1.165, 1.54) is 49.5 Å². The molecule has 2 aromatic heterocycles. The molecule has 4 amide bonds. The van der Waals surface area contributed by atoms with Crippen LogP contribution < -0.4 is 10.6 Å². The fraction of sp³-hybridized carbons (Fsp3) is 0.520. The van der Waals surface area contributed by atoms with Crippen LogP contribution in [0.4, 0.5) is 18.9 Å². The molecule has 0 radical (unpaired) electrons. The van der Waals surface area contributed by atoms with E-state index in [4.69, 9.17) is 4.98 Å². The molecule has 11 nitrogen and oxygen atoms in total. The van der Waals surface area contributed by atoms with Gasteiger partial charge in [-0.25, -0.2) is 9.97 Å². The van der Waals surface area contributed by atoms with Crippen LogP contribution in [-0.4, -0.2) is 74.2 Å². The Bertz CT molecular complexity index is 2540. The zero-order chi connectivity index (χ0) is 46.0. The monoisotopic (exact) mass is 910 g/mol. The van der Waals surface area contributed by atoms with Crippen molar-refractivity contribution in [2.75, 3.05) is 18.9 Å². The van der Waals surface area contributed by atoms with Gasteiger partial charge in [0.1, 0.15) is 11.4 Å². The molecular weight excluding hydrogens is 854 g/mol. The van der Waals surface area contributed by atoms with E-state index in [2.05, 4.69) is 34.1 Å². The lowest BCUT2D eigenvalue weighted by atomic mass is 9.54. The summed E-state index contributed by atoms with van der Waals surface area (Å²) in [6.07, 6.45) is 9.37. The maximum atomic E-state index is 13.7. The molecule has 1 atom stereocenters. The Balaban J connectivity index is 0.742. The van der Waals surface area contributed by atoms with Crippen molar-refractivity contribution in [3.8, 4) is 0 Å². The SMILES string of the molecule is C=C1NC(=O)CCC1N1C(=O)c2cccc(CCC3CC4(CCC(N(C)CC5CCC(c6nc7cc(C(C)(C)O)c(NC(=O)c8cccc(C(F)(F)F)n8)cc7s6)CC5)CC4)C3)c2C1=O. The van der Waals surface area contributed by atoms with Gasteiger partial charge < -0.3 is 20.6 Å². The van der Waals surface area contributed by atoms with Gasteiger partial charge in [0.05, 0.1) is 38.0 Å². The number of carbonyl (C=O) groups excluding carboxylic acids is 4. The first-order valence-electron chi connectivity index (χ1n) is 23.1. The maximum Gasteiger partial charge on any atom is 0.433 e. The van der Waals surface area contributed by atoms with Crippen molar-refractivity contribution < 1.29 is 37.5 Å². The fourth-order valence-corrected chi connectivity index (χ4v) is 12.7. The van der Waals surface area contributed by atoms with Gasteiger partial charge in [0, 0.05) is 41.9 Å². The lowest BCUT2D eigenvalue weighted by Gasteiger charge is -2.53. The molecule has 3 N–H and O–H groups in total. The molecule has 344 valence electrons. The number of nitrogens with one attached hydrogen (secondary N) is 2. The van der Waals surface area contributed by atoms with E-state index in [0.717, 1.165) is 72.5 Å². The number of hydrogen-bond acceptors (Lipinski definition) is 9. The van der Waals surface area contributed by atoms with Crippen LogP contribution >= 0.6 is 11.3 Å². The largest absolute Gasteiger partial charge is 0.433 e. The van der Waals surface area contributed by atoms with Crippen LogP contribution in [0.5, 0.6) is 0 Å². The summed E-state index contributed by atoms with van der Waals surface area (Å²) in [5, 5.41) is 17.5. The van der Waals surface area contributed by atoms with Crippen molar-refractivity contribution in [1.82, 2.24) is 25.1 Å². The number of anilines is 1. The van der Waals surface area contributed by atoms with Gasteiger partial charge in [-0.15, -0.1) is 11.3 Å². The van der Waals surface area contributed by atoms with Crippen molar-refractivity contribution in [3.63, 3.8) is 0 Å². The zero-order valence-electron chi connectivity index (χ0n) is 37.2. The average molecular weight is 911 g/mol. The minimum Gasteiger partial charge on any atom is -0.386 e. The van der Waals surface area contributed by atoms with Crippen LogP contribution in [0.1, 0.15) is 156 Å². The number of thiazole rings is 1. The number of aromatic nitrogens is 2. The van der Waals surface area contributed by atoms with E-state index in [1.54, 1.807) is 43.4 Å². The van der Waals surface area contributed by atoms with Gasteiger partial charge in [-0.05, 0) is 158 Å². The average Bonchev–Trinajstić information content (AvgIpc) is 3.79. The Kier molecular flexibility index (Phi) is 12.1. The van der Waals surface area contributed by atoms with Gasteiger partial charge in [0.25, 0.3) is 17.7 Å². The van der Waals surface area contributed by atoms with E-state index in [9.17, 15) is 37.5 Å². The van der Waals surface area contributed by atoms with Crippen molar-refractivity contribution in [3.05, 3.63) is 99.5 Å². The predicted molar refractivity (Wildman–Crippen MR) is 242 cm³/mol. The smallest absolute Gasteiger partial charge is 0.386 e. The zero-order valence-corrected chi connectivity index (χ0v) is 38.0. The second-order valence-electron chi connectivity index (χ2n) is 20.0. The summed E-state index contributed by atoms with van der Waals surface area (Å²) in [6.45, 7) is 8.20. The number of rotatable bonds is 11. The molecule has 1 unspecified atom stereocenters. The van der Waals surface area contributed by atoms with E-state index in [1.807, 2.05) is 12.1 Å². The highest BCUT2D eigenvalue weighted by atomic mass is 32.1. The second-order valence-corrected chi connectivity index (χ2v) is 21.0. The Labute approximate surface area is 381 Å². The molecule has 3 aliphatic carbocycles. The molecule has 15 heteroatoms. The highest BCUT2D eigenvalue weighted by Gasteiger charge is 2.47. The summed E-state index contributed by atoms with van der Waals surface area (Å²) >= 11 is 1.56. The highest BCUT2D eigenvalue weighted by Crippen LogP contribution is 2.56. The number of carbonyl (C=O) groups is 4. The molecule has 2 aromatic carbocycles. The molecule has 1 spiro atoms. The summed E-state index contributed by atoms with van der Waals surface area (Å²) in [4.78, 5) is 64.5. The number of benzene rings is 2. The molecule has 0 bridgehead atoms. The van der Waals surface area contributed by atoms with Crippen molar-refractivity contribution >= 4 is 50.9 Å². The van der Waals surface area contributed by atoms with Crippen LogP contribution in [0.2, 0.25) is 0 Å². The van der Waals surface area contributed by atoms with Gasteiger partial charge in [-0.3, -0.25) is 24.1 Å². The molecule has 1 saturated heterocycles. The van der Waals surface area contributed by atoms with Gasteiger partial charge in [0.2, 0.25) is 5.91 Å². The van der Waals surface area contributed by atoms with Crippen molar-refractivity contribution in [2.24, 2.45) is 17.3 Å². The quantitative estimate of drug-likeness (QED) is 0.126. The Morgan fingerprint density at radius 2 is 1.69 bits per heavy atom. The van der Waals surface area contributed by atoms with Gasteiger partial charge in [-0.1, -0.05) is 24.8 Å². The van der Waals surface area contributed by atoms with E-state index >= 15 is 0 Å². The lowest BCUT2D eigenvalue weighted by molar-refractivity contribution is -0.141. The van der Waals surface area contributed by atoms with E-state index in [-0.39, 0.29) is 29.8 Å². The number of nitrogens with zero attached hydrogens (tertiary/aromatic N) is 4. The minimum atomic E-state index is -4.69. The highest BCUT2D eigenvalue weighted by molar-refractivity contribution is 7.18. The topological polar surface area (TPSA) is 145 Å². The standard InChI is InChI=1S/C50H57F3N6O5S/c1-28-39(17-18-42(60)54-28)59-46(62)34-8-5-7-31(43(34)47(59)63)14-13-30-25-49(26-30)21-19-33(20-22-49)58(4)27-29-11-15-32(16-12-29)45-57-38-23-35(48(2,3)64)37(24-40(38)65-45)56-44(61)36-9-6-10-41(55-36)50(51,52)53/h5-10,23-24,29-30,32-33,39,64H,1,11-22,25-27H2,2-4H3,(H,54,60)(H,56,61). The predicted octanol–water partition coefficient (Wildman–Crippen LogP) is 9.76. The van der Waals surface area contributed by atoms with Crippen molar-refractivity contribution in [2.45, 2.75) is 134 Å². The summed E-state index contributed by atoms with van der Waals surface area (Å²) in [7, 11) is 2.29. The molecule has 5 aliphatic rings. The third-order valence-corrected chi connectivity index (χ3v) is 16.2.